The maximum absolute atomic E-state index is 5.87. The van der Waals surface area contributed by atoms with Crippen LogP contribution in [0.1, 0.15) is 38.2 Å². The number of benzene rings is 1. The van der Waals surface area contributed by atoms with Crippen molar-refractivity contribution in [2.75, 3.05) is 12.3 Å². The lowest BCUT2D eigenvalue weighted by molar-refractivity contribution is 0.314. The molecule has 0 saturated heterocycles. The summed E-state index contributed by atoms with van der Waals surface area (Å²) in [5.74, 6) is 0. The second-order valence-electron chi connectivity index (χ2n) is 5.48. The summed E-state index contributed by atoms with van der Waals surface area (Å²) in [5.41, 5.74) is 8.45. The van der Waals surface area contributed by atoms with Gasteiger partial charge in [0.05, 0.1) is 0 Å². The van der Waals surface area contributed by atoms with Gasteiger partial charge in [-0.25, -0.2) is 0 Å². The molecule has 1 aromatic rings. The molecule has 0 bridgehead atoms. The molecule has 1 aliphatic carbocycles. The quantitative estimate of drug-likeness (QED) is 0.832. The maximum Gasteiger partial charge on any atom is 0.0461 e. The van der Waals surface area contributed by atoms with Gasteiger partial charge in [-0.05, 0) is 51.9 Å². The molecule has 2 nitrogen and oxygen atoms in total. The van der Waals surface area contributed by atoms with Crippen LogP contribution in [0.3, 0.4) is 0 Å². The van der Waals surface area contributed by atoms with Crippen molar-refractivity contribution in [3.63, 3.8) is 0 Å². The largest absolute Gasteiger partial charge is 0.398 e. The van der Waals surface area contributed by atoms with Gasteiger partial charge < -0.3 is 11.1 Å². The Morgan fingerprint density at radius 1 is 1.35 bits per heavy atom. The van der Waals surface area contributed by atoms with Gasteiger partial charge in [0.2, 0.25) is 0 Å². The van der Waals surface area contributed by atoms with Crippen LogP contribution in [0.4, 0.5) is 5.69 Å². The zero-order valence-electron chi connectivity index (χ0n) is 10.4. The predicted molar refractivity (Wildman–Crippen MR) is 76.8 cm³/mol. The first-order valence-electron chi connectivity index (χ1n) is 6.34. The SMILES string of the molecule is CC1(CNCc2ccc(Br)c(N)c2)CCCC1. The number of hydrogen-bond acceptors (Lipinski definition) is 2. The van der Waals surface area contributed by atoms with Crippen LogP contribution in [-0.4, -0.2) is 6.54 Å². The molecular formula is C14H21BrN2. The molecule has 1 aromatic carbocycles. The molecule has 0 aliphatic heterocycles. The number of hydrogen-bond donors (Lipinski definition) is 2. The molecule has 0 atom stereocenters. The van der Waals surface area contributed by atoms with Crippen LogP contribution < -0.4 is 11.1 Å². The van der Waals surface area contributed by atoms with E-state index in [9.17, 15) is 0 Å². The summed E-state index contributed by atoms with van der Waals surface area (Å²) in [7, 11) is 0. The highest BCUT2D eigenvalue weighted by molar-refractivity contribution is 9.10. The molecular weight excluding hydrogens is 276 g/mol. The molecule has 0 radical (unpaired) electrons. The Labute approximate surface area is 112 Å². The minimum absolute atomic E-state index is 0.515. The summed E-state index contributed by atoms with van der Waals surface area (Å²) in [6, 6.07) is 6.17. The molecule has 3 heteroatoms. The Morgan fingerprint density at radius 3 is 2.71 bits per heavy atom. The van der Waals surface area contributed by atoms with Crippen molar-refractivity contribution in [2.45, 2.75) is 39.2 Å². The Bertz CT molecular complexity index is 384. The van der Waals surface area contributed by atoms with E-state index in [1.807, 2.05) is 12.1 Å². The highest BCUT2D eigenvalue weighted by atomic mass is 79.9. The first kappa shape index (κ1) is 12.9. The number of halogens is 1. The van der Waals surface area contributed by atoms with Gasteiger partial charge in [-0.1, -0.05) is 25.8 Å². The molecule has 17 heavy (non-hydrogen) atoms. The molecule has 0 unspecified atom stereocenters. The second-order valence-corrected chi connectivity index (χ2v) is 6.33. The lowest BCUT2D eigenvalue weighted by Gasteiger charge is -2.23. The number of rotatable bonds is 4. The van der Waals surface area contributed by atoms with Gasteiger partial charge in [-0.2, -0.15) is 0 Å². The van der Waals surface area contributed by atoms with E-state index in [1.54, 1.807) is 0 Å². The van der Waals surface area contributed by atoms with E-state index in [0.29, 0.717) is 5.41 Å². The third-order valence-corrected chi connectivity index (χ3v) is 4.47. The summed E-state index contributed by atoms with van der Waals surface area (Å²) in [4.78, 5) is 0. The normalized spacial score (nSPS) is 18.5. The van der Waals surface area contributed by atoms with Crippen molar-refractivity contribution in [1.29, 1.82) is 0 Å². The van der Waals surface area contributed by atoms with Crippen LogP contribution in [0.15, 0.2) is 22.7 Å². The van der Waals surface area contributed by atoms with Gasteiger partial charge in [-0.3, -0.25) is 0 Å². The highest BCUT2D eigenvalue weighted by Crippen LogP contribution is 2.36. The van der Waals surface area contributed by atoms with Gasteiger partial charge in [0, 0.05) is 23.2 Å². The van der Waals surface area contributed by atoms with E-state index in [0.717, 1.165) is 23.2 Å². The van der Waals surface area contributed by atoms with E-state index in [-0.39, 0.29) is 0 Å². The van der Waals surface area contributed by atoms with Crippen molar-refractivity contribution < 1.29 is 0 Å². The molecule has 0 spiro atoms. The van der Waals surface area contributed by atoms with Gasteiger partial charge in [-0.15, -0.1) is 0 Å². The van der Waals surface area contributed by atoms with Crippen molar-refractivity contribution in [2.24, 2.45) is 5.41 Å². The summed E-state index contributed by atoms with van der Waals surface area (Å²) >= 11 is 3.41. The predicted octanol–water partition coefficient (Wildman–Crippen LogP) is 3.70. The average Bonchev–Trinajstić information content (AvgIpc) is 2.71. The monoisotopic (exact) mass is 296 g/mol. The summed E-state index contributed by atoms with van der Waals surface area (Å²) < 4.78 is 0.976. The standard InChI is InChI=1S/C14H21BrN2/c1-14(6-2-3-7-14)10-17-9-11-4-5-12(15)13(16)8-11/h4-5,8,17H,2-3,6-7,9-10,16H2,1H3. The van der Waals surface area contributed by atoms with Gasteiger partial charge in [0.1, 0.15) is 0 Å². The summed E-state index contributed by atoms with van der Waals surface area (Å²) in [6.07, 6.45) is 5.51. The highest BCUT2D eigenvalue weighted by Gasteiger charge is 2.27. The van der Waals surface area contributed by atoms with Gasteiger partial charge >= 0.3 is 0 Å². The second kappa shape index (κ2) is 5.40. The Kier molecular flexibility index (Phi) is 4.10. The molecule has 3 N–H and O–H groups in total. The number of anilines is 1. The molecule has 1 fully saturated rings. The average molecular weight is 297 g/mol. The van der Waals surface area contributed by atoms with Gasteiger partial charge in [0.15, 0.2) is 0 Å². The van der Waals surface area contributed by atoms with Crippen molar-refractivity contribution >= 4 is 21.6 Å². The third-order valence-electron chi connectivity index (χ3n) is 3.75. The Morgan fingerprint density at radius 2 is 2.06 bits per heavy atom. The molecule has 1 aliphatic rings. The molecule has 94 valence electrons. The zero-order chi connectivity index (χ0) is 12.3. The van der Waals surface area contributed by atoms with Crippen LogP contribution in [-0.2, 0) is 6.54 Å². The fourth-order valence-electron chi connectivity index (χ4n) is 2.62. The third kappa shape index (κ3) is 3.46. The van der Waals surface area contributed by atoms with Crippen LogP contribution in [0, 0.1) is 5.41 Å². The van der Waals surface area contributed by atoms with Crippen molar-refractivity contribution in [1.82, 2.24) is 5.32 Å². The zero-order valence-corrected chi connectivity index (χ0v) is 12.0. The molecule has 0 amide bonds. The number of nitrogens with two attached hydrogens (primary N) is 1. The van der Waals surface area contributed by atoms with Crippen LogP contribution in [0.5, 0.6) is 0 Å². The maximum atomic E-state index is 5.87. The first-order chi connectivity index (χ1) is 8.09. The van der Waals surface area contributed by atoms with Crippen molar-refractivity contribution in [3.8, 4) is 0 Å². The van der Waals surface area contributed by atoms with Crippen LogP contribution in [0.2, 0.25) is 0 Å². The van der Waals surface area contributed by atoms with E-state index >= 15 is 0 Å². The number of nitrogens with one attached hydrogen (secondary N) is 1. The fraction of sp³-hybridized carbons (Fsp3) is 0.571. The molecule has 0 heterocycles. The molecule has 2 rings (SSSR count). The van der Waals surface area contributed by atoms with E-state index in [4.69, 9.17) is 5.73 Å². The first-order valence-corrected chi connectivity index (χ1v) is 7.13. The molecule has 1 saturated carbocycles. The summed E-state index contributed by atoms with van der Waals surface area (Å²) in [5, 5.41) is 3.56. The topological polar surface area (TPSA) is 38.0 Å². The fourth-order valence-corrected chi connectivity index (χ4v) is 2.86. The van der Waals surface area contributed by atoms with Crippen molar-refractivity contribution in [3.05, 3.63) is 28.2 Å². The van der Waals surface area contributed by atoms with E-state index in [2.05, 4.69) is 34.2 Å². The molecule has 0 aromatic heterocycles. The Hall–Kier alpha value is -0.540. The van der Waals surface area contributed by atoms with Gasteiger partial charge in [0.25, 0.3) is 0 Å². The van der Waals surface area contributed by atoms with Crippen LogP contribution >= 0.6 is 15.9 Å². The lowest BCUT2D eigenvalue weighted by Crippen LogP contribution is -2.29. The minimum atomic E-state index is 0.515. The summed E-state index contributed by atoms with van der Waals surface area (Å²) in [6.45, 7) is 4.42. The number of nitrogen functional groups attached to an aromatic ring is 1. The Balaban J connectivity index is 1.83. The lowest BCUT2D eigenvalue weighted by atomic mass is 9.89. The minimum Gasteiger partial charge on any atom is -0.398 e. The smallest absolute Gasteiger partial charge is 0.0461 e. The van der Waals surface area contributed by atoms with E-state index in [1.165, 1.54) is 31.2 Å². The van der Waals surface area contributed by atoms with E-state index < -0.39 is 0 Å². The van der Waals surface area contributed by atoms with Crippen LogP contribution in [0.25, 0.3) is 0 Å².